The van der Waals surface area contributed by atoms with E-state index >= 15 is 0 Å². The Morgan fingerprint density at radius 3 is 2.88 bits per heavy atom. The smallest absolute Gasteiger partial charge is 0.254 e. The van der Waals surface area contributed by atoms with Crippen LogP contribution in [0.3, 0.4) is 0 Å². The fourth-order valence-corrected chi connectivity index (χ4v) is 3.93. The molecular formula is C16H21N7S. The van der Waals surface area contributed by atoms with Gasteiger partial charge in [-0.15, -0.1) is 11.3 Å². The first kappa shape index (κ1) is 15.3. The molecule has 1 fully saturated rings. The second kappa shape index (κ2) is 6.35. The lowest BCUT2D eigenvalue weighted by molar-refractivity contribution is 0.883. The summed E-state index contributed by atoms with van der Waals surface area (Å²) in [5, 5.41) is 11.1. The molecule has 3 aromatic rings. The van der Waals surface area contributed by atoms with Crippen LogP contribution in [0.25, 0.3) is 5.78 Å². The van der Waals surface area contributed by atoms with Crippen molar-refractivity contribution >= 4 is 28.1 Å². The van der Waals surface area contributed by atoms with Gasteiger partial charge in [-0.05, 0) is 26.7 Å². The summed E-state index contributed by atoms with van der Waals surface area (Å²) in [7, 11) is 0. The molecule has 1 aliphatic heterocycles. The van der Waals surface area contributed by atoms with Crippen LogP contribution in [0.15, 0.2) is 11.7 Å². The zero-order valence-electron chi connectivity index (χ0n) is 14.0. The highest BCUT2D eigenvalue weighted by Gasteiger charge is 2.16. The van der Waals surface area contributed by atoms with E-state index in [1.165, 1.54) is 19.2 Å². The molecule has 0 spiro atoms. The van der Waals surface area contributed by atoms with Crippen LogP contribution in [0, 0.1) is 13.8 Å². The lowest BCUT2D eigenvalue weighted by Crippen LogP contribution is -2.17. The van der Waals surface area contributed by atoms with Crippen LogP contribution in [-0.2, 0) is 6.42 Å². The van der Waals surface area contributed by atoms with E-state index in [2.05, 4.69) is 37.6 Å². The fraction of sp³-hybridized carbons (Fsp3) is 0.500. The number of fused-ring (bicyclic) bond motifs is 1. The summed E-state index contributed by atoms with van der Waals surface area (Å²) < 4.78 is 1.76. The van der Waals surface area contributed by atoms with Crippen molar-refractivity contribution < 1.29 is 0 Å². The molecule has 1 aliphatic rings. The zero-order chi connectivity index (χ0) is 16.5. The summed E-state index contributed by atoms with van der Waals surface area (Å²) in [5.41, 5.74) is 3.22. The zero-order valence-corrected chi connectivity index (χ0v) is 14.8. The molecule has 4 heterocycles. The van der Waals surface area contributed by atoms with Crippen molar-refractivity contribution in [1.82, 2.24) is 24.6 Å². The molecule has 1 saturated heterocycles. The van der Waals surface area contributed by atoms with Gasteiger partial charge >= 0.3 is 0 Å². The van der Waals surface area contributed by atoms with E-state index in [4.69, 9.17) is 4.98 Å². The van der Waals surface area contributed by atoms with Gasteiger partial charge in [-0.3, -0.25) is 0 Å². The number of anilines is 2. The van der Waals surface area contributed by atoms with Gasteiger partial charge in [0.25, 0.3) is 5.78 Å². The van der Waals surface area contributed by atoms with Gasteiger partial charge in [-0.25, -0.2) is 9.97 Å². The van der Waals surface area contributed by atoms with Crippen molar-refractivity contribution in [2.75, 3.05) is 29.9 Å². The maximum absolute atomic E-state index is 4.77. The Bertz CT molecular complexity index is 847. The summed E-state index contributed by atoms with van der Waals surface area (Å²) >= 11 is 1.75. The summed E-state index contributed by atoms with van der Waals surface area (Å²) in [6.07, 6.45) is 4.99. The molecule has 1 N–H and O–H groups in total. The van der Waals surface area contributed by atoms with E-state index in [-0.39, 0.29) is 0 Å². The maximum atomic E-state index is 4.77. The van der Waals surface area contributed by atoms with E-state index in [9.17, 15) is 0 Å². The van der Waals surface area contributed by atoms with Gasteiger partial charge in [-0.2, -0.15) is 14.6 Å². The Kier molecular flexibility index (Phi) is 4.05. The van der Waals surface area contributed by atoms with E-state index in [1.807, 2.05) is 6.92 Å². The summed E-state index contributed by atoms with van der Waals surface area (Å²) in [6, 6.07) is 0. The molecular weight excluding hydrogens is 322 g/mol. The number of hydrogen-bond acceptors (Lipinski definition) is 7. The third kappa shape index (κ3) is 2.82. The quantitative estimate of drug-likeness (QED) is 0.767. The molecule has 126 valence electrons. The first-order chi connectivity index (χ1) is 11.7. The Labute approximate surface area is 144 Å². The molecule has 0 saturated carbocycles. The SMILES string of the molecule is Cc1nc2ncnn2c(NCCc2csc(N3CCCC3)n2)c1C. The van der Waals surface area contributed by atoms with Gasteiger partial charge in [0.15, 0.2) is 5.13 Å². The van der Waals surface area contributed by atoms with Crippen molar-refractivity contribution in [3.63, 3.8) is 0 Å². The van der Waals surface area contributed by atoms with Gasteiger partial charge in [0.05, 0.1) is 5.69 Å². The molecule has 7 nitrogen and oxygen atoms in total. The van der Waals surface area contributed by atoms with Crippen LogP contribution in [0.1, 0.15) is 29.8 Å². The molecule has 0 aliphatic carbocycles. The summed E-state index contributed by atoms with van der Waals surface area (Å²) in [4.78, 5) is 15.8. The predicted octanol–water partition coefficient (Wildman–Crippen LogP) is 2.45. The van der Waals surface area contributed by atoms with Crippen LogP contribution in [0.4, 0.5) is 10.9 Å². The van der Waals surface area contributed by atoms with E-state index in [0.29, 0.717) is 5.78 Å². The Hall–Kier alpha value is -2.22. The van der Waals surface area contributed by atoms with Crippen molar-refractivity contribution in [3.05, 3.63) is 28.7 Å². The van der Waals surface area contributed by atoms with Gasteiger partial charge in [-0.1, -0.05) is 0 Å². The number of hydrogen-bond donors (Lipinski definition) is 1. The van der Waals surface area contributed by atoms with Crippen molar-refractivity contribution in [2.24, 2.45) is 0 Å². The minimum Gasteiger partial charge on any atom is -0.369 e. The van der Waals surface area contributed by atoms with Crippen LogP contribution in [0.5, 0.6) is 0 Å². The van der Waals surface area contributed by atoms with E-state index < -0.39 is 0 Å². The summed E-state index contributed by atoms with van der Waals surface area (Å²) in [5.74, 6) is 1.59. The molecule has 0 unspecified atom stereocenters. The minimum absolute atomic E-state index is 0.630. The molecule has 3 aromatic heterocycles. The Morgan fingerprint density at radius 2 is 2.04 bits per heavy atom. The number of aryl methyl sites for hydroxylation is 1. The third-order valence-corrected chi connectivity index (χ3v) is 5.45. The highest BCUT2D eigenvalue weighted by Crippen LogP contribution is 2.24. The van der Waals surface area contributed by atoms with Gasteiger partial charge in [0.2, 0.25) is 0 Å². The monoisotopic (exact) mass is 343 g/mol. The second-order valence-electron chi connectivity index (χ2n) is 6.14. The topological polar surface area (TPSA) is 71.2 Å². The number of nitrogens with zero attached hydrogens (tertiary/aromatic N) is 6. The van der Waals surface area contributed by atoms with Gasteiger partial charge in [0, 0.05) is 42.7 Å². The fourth-order valence-electron chi connectivity index (χ4n) is 3.01. The predicted molar refractivity (Wildman–Crippen MR) is 96.0 cm³/mol. The number of thiazole rings is 1. The number of nitrogens with one attached hydrogen (secondary N) is 1. The van der Waals surface area contributed by atoms with Crippen LogP contribution >= 0.6 is 11.3 Å². The Morgan fingerprint density at radius 1 is 1.21 bits per heavy atom. The minimum atomic E-state index is 0.630. The molecule has 0 bridgehead atoms. The molecule has 24 heavy (non-hydrogen) atoms. The summed E-state index contributed by atoms with van der Waals surface area (Å²) in [6.45, 7) is 7.15. The standard InChI is InChI=1S/C16H21N7S/c1-11-12(2)20-15-18-10-19-23(15)14(11)17-6-5-13-9-24-16(21-13)22-7-3-4-8-22/h9-10,17H,3-8H2,1-2H3. The van der Waals surface area contributed by atoms with Crippen molar-refractivity contribution in [2.45, 2.75) is 33.1 Å². The number of aromatic nitrogens is 5. The highest BCUT2D eigenvalue weighted by molar-refractivity contribution is 7.13. The Balaban J connectivity index is 1.44. The van der Waals surface area contributed by atoms with Gasteiger partial charge < -0.3 is 10.2 Å². The molecule has 0 amide bonds. The molecule has 8 heteroatoms. The number of rotatable bonds is 5. The molecule has 0 radical (unpaired) electrons. The van der Waals surface area contributed by atoms with Crippen LogP contribution in [0.2, 0.25) is 0 Å². The lowest BCUT2D eigenvalue weighted by atomic mass is 10.2. The van der Waals surface area contributed by atoms with Crippen LogP contribution in [-0.4, -0.2) is 44.2 Å². The second-order valence-corrected chi connectivity index (χ2v) is 6.97. The normalized spacial score (nSPS) is 14.7. The van der Waals surface area contributed by atoms with Crippen molar-refractivity contribution in [3.8, 4) is 0 Å². The molecule has 0 atom stereocenters. The van der Waals surface area contributed by atoms with E-state index in [0.717, 1.165) is 54.0 Å². The largest absolute Gasteiger partial charge is 0.369 e. The first-order valence-electron chi connectivity index (χ1n) is 8.32. The highest BCUT2D eigenvalue weighted by atomic mass is 32.1. The lowest BCUT2D eigenvalue weighted by Gasteiger charge is -2.13. The van der Waals surface area contributed by atoms with Crippen molar-refractivity contribution in [1.29, 1.82) is 0 Å². The molecule has 4 rings (SSSR count). The third-order valence-electron chi connectivity index (χ3n) is 4.50. The average Bonchev–Trinajstić information content (AvgIpc) is 3.30. The van der Waals surface area contributed by atoms with Gasteiger partial charge in [0.1, 0.15) is 12.1 Å². The average molecular weight is 343 g/mol. The van der Waals surface area contributed by atoms with E-state index in [1.54, 1.807) is 15.9 Å². The van der Waals surface area contributed by atoms with Crippen LogP contribution < -0.4 is 10.2 Å². The maximum Gasteiger partial charge on any atom is 0.254 e. The first-order valence-corrected chi connectivity index (χ1v) is 9.20. The molecule has 0 aromatic carbocycles.